The van der Waals surface area contributed by atoms with E-state index < -0.39 is 17.6 Å². The van der Waals surface area contributed by atoms with Gasteiger partial charge in [0.15, 0.2) is 0 Å². The molecule has 0 N–H and O–H groups in total. The molecule has 0 radical (unpaired) electrons. The molecule has 1 saturated carbocycles. The van der Waals surface area contributed by atoms with Crippen LogP contribution < -0.4 is 9.64 Å². The number of piperidine rings is 1. The number of benzene rings is 1. The van der Waals surface area contributed by atoms with Crippen molar-refractivity contribution >= 4 is 5.95 Å². The number of rotatable bonds is 7. The van der Waals surface area contributed by atoms with E-state index in [1.54, 1.807) is 19.1 Å². The molecule has 3 heterocycles. The lowest BCUT2D eigenvalue weighted by Crippen LogP contribution is -2.35. The number of anilines is 1. The Balaban J connectivity index is 1.05. The van der Waals surface area contributed by atoms with Gasteiger partial charge >= 0.3 is 6.18 Å². The molecular weight excluding hydrogens is 466 g/mol. The topological polar surface area (TPSA) is 77.2 Å². The zero-order valence-electron chi connectivity index (χ0n) is 19.1. The van der Waals surface area contributed by atoms with E-state index in [0.29, 0.717) is 41.9 Å². The van der Waals surface area contributed by atoms with Gasteiger partial charge in [-0.05, 0) is 55.6 Å². The van der Waals surface area contributed by atoms with E-state index in [4.69, 9.17) is 9.15 Å². The Morgan fingerprint density at radius 2 is 1.86 bits per heavy atom. The number of alkyl halides is 3. The summed E-state index contributed by atoms with van der Waals surface area (Å²) in [5, 5.41) is 7.56. The molecule has 2 atom stereocenters. The monoisotopic (exact) mass is 491 g/mol. The van der Waals surface area contributed by atoms with Gasteiger partial charge in [0.05, 0.1) is 17.7 Å². The Morgan fingerprint density at radius 1 is 1.11 bits per heavy atom. The van der Waals surface area contributed by atoms with E-state index in [-0.39, 0.29) is 11.5 Å². The maximum Gasteiger partial charge on any atom is 0.419 e. The Labute approximate surface area is 199 Å². The van der Waals surface area contributed by atoms with Gasteiger partial charge in [-0.1, -0.05) is 0 Å². The van der Waals surface area contributed by atoms with Crippen molar-refractivity contribution in [2.24, 2.45) is 17.8 Å². The molecule has 1 saturated heterocycles. The van der Waals surface area contributed by atoms with Crippen molar-refractivity contribution in [1.29, 1.82) is 0 Å². The molecule has 2 aliphatic rings. The number of nitrogens with zero attached hydrogens (tertiary/aromatic N) is 5. The molecule has 0 amide bonds. The van der Waals surface area contributed by atoms with Gasteiger partial charge < -0.3 is 14.1 Å². The fourth-order valence-electron chi connectivity index (χ4n) is 4.83. The zero-order valence-corrected chi connectivity index (χ0v) is 19.1. The molecule has 1 aliphatic heterocycles. The van der Waals surface area contributed by atoms with Crippen LogP contribution in [0.15, 0.2) is 35.0 Å². The van der Waals surface area contributed by atoms with Crippen LogP contribution in [0.4, 0.5) is 23.5 Å². The number of hydrogen-bond donors (Lipinski definition) is 0. The first kappa shape index (κ1) is 23.5. The van der Waals surface area contributed by atoms with Crippen molar-refractivity contribution in [2.45, 2.75) is 38.8 Å². The van der Waals surface area contributed by atoms with E-state index in [0.717, 1.165) is 51.2 Å². The fraction of sp³-hybridized carbons (Fsp3) is 0.500. The van der Waals surface area contributed by atoms with Crippen molar-refractivity contribution in [3.63, 3.8) is 0 Å². The maximum atomic E-state index is 14.4. The maximum absolute atomic E-state index is 14.4. The van der Waals surface area contributed by atoms with Gasteiger partial charge in [0.25, 0.3) is 5.89 Å². The van der Waals surface area contributed by atoms with Crippen LogP contribution in [0.3, 0.4) is 0 Å². The number of halogens is 4. The lowest BCUT2D eigenvalue weighted by molar-refractivity contribution is -0.138. The molecule has 2 fully saturated rings. The van der Waals surface area contributed by atoms with Crippen molar-refractivity contribution < 1.29 is 26.7 Å². The quantitative estimate of drug-likeness (QED) is 0.414. The minimum atomic E-state index is -4.43. The molecule has 1 aromatic carbocycles. The first-order valence-corrected chi connectivity index (χ1v) is 11.6. The molecule has 11 heteroatoms. The van der Waals surface area contributed by atoms with Gasteiger partial charge in [0.1, 0.15) is 11.6 Å². The van der Waals surface area contributed by atoms with Crippen LogP contribution in [0.5, 0.6) is 5.75 Å². The van der Waals surface area contributed by atoms with Crippen LogP contribution in [0, 0.1) is 30.5 Å². The lowest BCUT2D eigenvalue weighted by Gasteiger charge is -2.32. The second kappa shape index (κ2) is 9.43. The highest BCUT2D eigenvalue weighted by Gasteiger charge is 2.43. The average Bonchev–Trinajstić information content (AvgIpc) is 3.48. The number of hydrogen-bond acceptors (Lipinski definition) is 7. The van der Waals surface area contributed by atoms with Crippen molar-refractivity contribution in [3.05, 3.63) is 47.9 Å². The molecule has 0 spiro atoms. The second-order valence-corrected chi connectivity index (χ2v) is 9.16. The number of ether oxygens (including phenoxy) is 1. The molecule has 5 rings (SSSR count). The normalized spacial score (nSPS) is 20.8. The number of aryl methyl sites for hydroxylation is 1. The summed E-state index contributed by atoms with van der Waals surface area (Å²) >= 11 is 0. The summed E-state index contributed by atoms with van der Waals surface area (Å²) in [5.41, 5.74) is -0.590. The Kier molecular flexibility index (Phi) is 6.33. The van der Waals surface area contributed by atoms with Crippen LogP contribution in [0.2, 0.25) is 0 Å². The molecule has 1 aliphatic carbocycles. The first-order chi connectivity index (χ1) is 16.8. The van der Waals surface area contributed by atoms with Gasteiger partial charge in [0, 0.05) is 38.5 Å². The van der Waals surface area contributed by atoms with Gasteiger partial charge in [0.2, 0.25) is 11.8 Å². The standard InChI is InChI=1S/C24H25F4N5O2/c1-14-31-32-22(35-14)19-3-2-18(11-21(19)25)34-9-6-16-10-20(16)15-4-7-33(8-5-15)23-29-12-17(13-30-23)24(26,27)28/h2-3,11-13,15-16,20H,4-10H2,1H3/t16?,20-/m1/s1. The smallest absolute Gasteiger partial charge is 0.419 e. The van der Waals surface area contributed by atoms with Gasteiger partial charge in [-0.2, -0.15) is 13.2 Å². The number of aromatic nitrogens is 4. The third-order valence-corrected chi connectivity index (χ3v) is 6.83. The molecule has 186 valence electrons. The fourth-order valence-corrected chi connectivity index (χ4v) is 4.83. The molecule has 0 bridgehead atoms. The SMILES string of the molecule is Cc1nnc(-c2ccc(OCCC3C[C@@H]3C3CCN(c4ncc(C(F)(F)F)cn4)CC3)cc2F)o1. The van der Waals surface area contributed by atoms with Crippen LogP contribution >= 0.6 is 0 Å². The molecular formula is C24H25F4N5O2. The summed E-state index contributed by atoms with van der Waals surface area (Å²) in [5.74, 6) is 2.66. The summed E-state index contributed by atoms with van der Waals surface area (Å²) in [6.45, 7) is 3.63. The Morgan fingerprint density at radius 3 is 2.49 bits per heavy atom. The highest BCUT2D eigenvalue weighted by atomic mass is 19.4. The predicted octanol–water partition coefficient (Wildman–Crippen LogP) is 5.31. The first-order valence-electron chi connectivity index (χ1n) is 11.6. The summed E-state index contributed by atoms with van der Waals surface area (Å²) in [4.78, 5) is 9.77. The molecule has 2 aromatic heterocycles. The van der Waals surface area contributed by atoms with Crippen molar-refractivity contribution in [2.75, 3.05) is 24.6 Å². The van der Waals surface area contributed by atoms with Crippen LogP contribution in [0.25, 0.3) is 11.5 Å². The van der Waals surface area contributed by atoms with Gasteiger partial charge in [-0.25, -0.2) is 14.4 Å². The van der Waals surface area contributed by atoms with Gasteiger partial charge in [-0.15, -0.1) is 10.2 Å². The van der Waals surface area contributed by atoms with Crippen LogP contribution in [-0.4, -0.2) is 39.9 Å². The summed E-state index contributed by atoms with van der Waals surface area (Å²) in [7, 11) is 0. The minimum absolute atomic E-state index is 0.142. The zero-order chi connectivity index (χ0) is 24.6. The van der Waals surface area contributed by atoms with Crippen molar-refractivity contribution in [3.8, 4) is 17.2 Å². The summed E-state index contributed by atoms with van der Waals surface area (Å²) < 4.78 is 63.6. The Bertz CT molecular complexity index is 1160. The Hall–Kier alpha value is -3.24. The van der Waals surface area contributed by atoms with Crippen molar-refractivity contribution in [1.82, 2.24) is 20.2 Å². The third kappa shape index (κ3) is 5.38. The van der Waals surface area contributed by atoms with E-state index >= 15 is 0 Å². The van der Waals surface area contributed by atoms with E-state index in [1.165, 1.54) is 6.07 Å². The summed E-state index contributed by atoms with van der Waals surface area (Å²) in [6.07, 6.45) is 1.24. The minimum Gasteiger partial charge on any atom is -0.493 e. The molecule has 7 nitrogen and oxygen atoms in total. The average molecular weight is 491 g/mol. The van der Waals surface area contributed by atoms with E-state index in [1.807, 2.05) is 4.90 Å². The third-order valence-electron chi connectivity index (χ3n) is 6.83. The molecule has 1 unspecified atom stereocenters. The van der Waals surface area contributed by atoms with E-state index in [2.05, 4.69) is 20.2 Å². The van der Waals surface area contributed by atoms with Crippen LogP contribution in [0.1, 0.15) is 37.1 Å². The highest BCUT2D eigenvalue weighted by Crippen LogP contribution is 2.50. The predicted molar refractivity (Wildman–Crippen MR) is 118 cm³/mol. The van der Waals surface area contributed by atoms with Crippen LogP contribution in [-0.2, 0) is 6.18 Å². The highest BCUT2D eigenvalue weighted by molar-refractivity contribution is 5.55. The summed E-state index contributed by atoms with van der Waals surface area (Å²) in [6, 6.07) is 4.60. The second-order valence-electron chi connectivity index (χ2n) is 9.16. The molecule has 35 heavy (non-hydrogen) atoms. The molecule has 3 aromatic rings. The van der Waals surface area contributed by atoms with Gasteiger partial charge in [-0.3, -0.25) is 0 Å². The lowest BCUT2D eigenvalue weighted by atomic mass is 9.90. The largest absolute Gasteiger partial charge is 0.493 e. The van der Waals surface area contributed by atoms with E-state index in [9.17, 15) is 17.6 Å².